The zero-order valence-corrected chi connectivity index (χ0v) is 16.5. The van der Waals surface area contributed by atoms with E-state index >= 15 is 0 Å². The van der Waals surface area contributed by atoms with Crippen LogP contribution in [-0.4, -0.2) is 59.6 Å². The molecule has 0 aromatic heterocycles. The lowest BCUT2D eigenvalue weighted by Gasteiger charge is -2.20. The Labute approximate surface area is 159 Å². The molecule has 1 saturated heterocycles. The third kappa shape index (κ3) is 10.6. The van der Waals surface area contributed by atoms with Crippen LogP contribution in [0.5, 0.6) is 0 Å². The number of aliphatic hydroxyl groups is 3. The molecule has 26 heavy (non-hydrogen) atoms. The summed E-state index contributed by atoms with van der Waals surface area (Å²) in [6.07, 6.45) is 14.8. The highest BCUT2D eigenvalue weighted by molar-refractivity contribution is 4.87. The van der Waals surface area contributed by atoms with Gasteiger partial charge in [-0.15, -0.1) is 0 Å². The highest BCUT2D eigenvalue weighted by Gasteiger charge is 2.39. The molecule has 0 aromatic rings. The van der Waals surface area contributed by atoms with Gasteiger partial charge in [0, 0.05) is 6.61 Å². The molecule has 1 fully saturated rings. The van der Waals surface area contributed by atoms with Crippen LogP contribution in [-0.2, 0) is 9.47 Å². The van der Waals surface area contributed by atoms with Crippen molar-refractivity contribution in [3.63, 3.8) is 0 Å². The SMILES string of the molecule is C/C=C/CCCCCCCCCCCCOC[C@H](O)[C@H]1OC[C@@H](O)[C@H]1O. The molecule has 1 aliphatic heterocycles. The van der Waals surface area contributed by atoms with E-state index in [1.165, 1.54) is 57.8 Å². The van der Waals surface area contributed by atoms with Crippen molar-refractivity contribution < 1.29 is 24.8 Å². The number of aliphatic hydroxyl groups excluding tert-OH is 3. The van der Waals surface area contributed by atoms with Gasteiger partial charge in [0.25, 0.3) is 0 Å². The smallest absolute Gasteiger partial charge is 0.114 e. The number of hydrogen-bond acceptors (Lipinski definition) is 5. The topological polar surface area (TPSA) is 79.2 Å². The second-order valence-corrected chi connectivity index (χ2v) is 7.39. The third-order valence-electron chi connectivity index (χ3n) is 5.00. The van der Waals surface area contributed by atoms with E-state index in [1.54, 1.807) is 0 Å². The van der Waals surface area contributed by atoms with Crippen molar-refractivity contribution in [3.8, 4) is 0 Å². The first-order valence-electron chi connectivity index (χ1n) is 10.5. The molecule has 5 heteroatoms. The van der Waals surface area contributed by atoms with Crippen molar-refractivity contribution in [3.05, 3.63) is 12.2 Å². The van der Waals surface area contributed by atoms with Crippen molar-refractivity contribution in [1.82, 2.24) is 0 Å². The second kappa shape index (κ2) is 15.6. The van der Waals surface area contributed by atoms with Crippen LogP contribution >= 0.6 is 0 Å². The van der Waals surface area contributed by atoms with Crippen molar-refractivity contribution in [2.24, 2.45) is 0 Å². The molecule has 1 aliphatic rings. The Morgan fingerprint density at radius 2 is 1.54 bits per heavy atom. The van der Waals surface area contributed by atoms with Gasteiger partial charge in [-0.2, -0.15) is 0 Å². The number of unbranched alkanes of at least 4 members (excludes halogenated alkanes) is 10. The van der Waals surface area contributed by atoms with Crippen LogP contribution in [0.25, 0.3) is 0 Å². The van der Waals surface area contributed by atoms with Gasteiger partial charge >= 0.3 is 0 Å². The second-order valence-electron chi connectivity index (χ2n) is 7.39. The van der Waals surface area contributed by atoms with Crippen LogP contribution < -0.4 is 0 Å². The number of hydrogen-bond donors (Lipinski definition) is 3. The summed E-state index contributed by atoms with van der Waals surface area (Å²) >= 11 is 0. The van der Waals surface area contributed by atoms with E-state index < -0.39 is 24.4 Å². The summed E-state index contributed by atoms with van der Waals surface area (Å²) in [6.45, 7) is 2.91. The number of rotatable bonds is 16. The zero-order valence-electron chi connectivity index (χ0n) is 16.5. The van der Waals surface area contributed by atoms with Crippen LogP contribution in [0, 0.1) is 0 Å². The normalized spacial score (nSPS) is 24.5. The Hall–Kier alpha value is -0.460. The van der Waals surface area contributed by atoms with E-state index in [0.717, 1.165) is 12.8 Å². The lowest BCUT2D eigenvalue weighted by atomic mass is 10.1. The largest absolute Gasteiger partial charge is 0.388 e. The number of allylic oxidation sites excluding steroid dienone is 2. The molecule has 1 heterocycles. The Morgan fingerprint density at radius 1 is 0.962 bits per heavy atom. The lowest BCUT2D eigenvalue weighted by Crippen LogP contribution is -2.40. The van der Waals surface area contributed by atoms with Crippen molar-refractivity contribution in [2.75, 3.05) is 19.8 Å². The molecule has 0 unspecified atom stereocenters. The first-order chi connectivity index (χ1) is 12.7. The zero-order chi connectivity index (χ0) is 19.0. The average Bonchev–Trinajstić information content (AvgIpc) is 2.97. The maximum atomic E-state index is 9.92. The van der Waals surface area contributed by atoms with Gasteiger partial charge in [0.2, 0.25) is 0 Å². The van der Waals surface area contributed by atoms with Gasteiger partial charge in [0.1, 0.15) is 24.4 Å². The van der Waals surface area contributed by atoms with E-state index in [-0.39, 0.29) is 13.2 Å². The molecule has 3 N–H and O–H groups in total. The summed E-state index contributed by atoms with van der Waals surface area (Å²) in [6, 6.07) is 0. The minimum absolute atomic E-state index is 0.0685. The Balaban J connectivity index is 1.80. The predicted molar refractivity (Wildman–Crippen MR) is 104 cm³/mol. The molecule has 0 amide bonds. The van der Waals surface area contributed by atoms with Gasteiger partial charge in [-0.25, -0.2) is 0 Å². The summed E-state index contributed by atoms with van der Waals surface area (Å²) in [5.74, 6) is 0. The van der Waals surface area contributed by atoms with Crippen molar-refractivity contribution in [2.45, 2.75) is 102 Å². The van der Waals surface area contributed by atoms with Crippen LogP contribution in [0.3, 0.4) is 0 Å². The summed E-state index contributed by atoms with van der Waals surface area (Å²) in [4.78, 5) is 0. The number of ether oxygens (including phenoxy) is 2. The van der Waals surface area contributed by atoms with Crippen molar-refractivity contribution >= 4 is 0 Å². The van der Waals surface area contributed by atoms with E-state index in [9.17, 15) is 15.3 Å². The van der Waals surface area contributed by atoms with Gasteiger partial charge in [-0.1, -0.05) is 63.5 Å². The highest BCUT2D eigenvalue weighted by Crippen LogP contribution is 2.18. The molecule has 0 saturated carbocycles. The molecule has 0 radical (unpaired) electrons. The summed E-state index contributed by atoms with van der Waals surface area (Å²) in [5.41, 5.74) is 0. The maximum Gasteiger partial charge on any atom is 0.114 e. The van der Waals surface area contributed by atoms with Gasteiger partial charge < -0.3 is 24.8 Å². The summed E-state index contributed by atoms with van der Waals surface area (Å²) < 4.78 is 10.6. The lowest BCUT2D eigenvalue weighted by molar-refractivity contribution is -0.0813. The highest BCUT2D eigenvalue weighted by atomic mass is 16.5. The predicted octanol–water partition coefficient (Wildman–Crippen LogP) is 3.35. The molecule has 0 aromatic carbocycles. The fourth-order valence-corrected chi connectivity index (χ4v) is 3.31. The standard InChI is InChI=1S/C21H40O5/c1-2-3-4-5-6-7-8-9-10-11-12-13-14-15-25-16-19(23)21-20(24)18(22)17-26-21/h2-3,18-24H,4-17H2,1H3/b3-2+/t18-,19+,20-,21-/m1/s1. The van der Waals surface area contributed by atoms with E-state index in [4.69, 9.17) is 9.47 Å². The minimum Gasteiger partial charge on any atom is -0.388 e. The molecular formula is C21H40O5. The molecular weight excluding hydrogens is 332 g/mol. The molecule has 0 aliphatic carbocycles. The first kappa shape index (κ1) is 23.6. The van der Waals surface area contributed by atoms with Gasteiger partial charge in [-0.3, -0.25) is 0 Å². The quantitative estimate of drug-likeness (QED) is 0.286. The van der Waals surface area contributed by atoms with Gasteiger partial charge in [0.15, 0.2) is 0 Å². The minimum atomic E-state index is -1.03. The molecule has 4 atom stereocenters. The third-order valence-corrected chi connectivity index (χ3v) is 5.00. The van der Waals surface area contributed by atoms with Crippen LogP contribution in [0.15, 0.2) is 12.2 Å². The van der Waals surface area contributed by atoms with Crippen LogP contribution in [0.4, 0.5) is 0 Å². The van der Waals surface area contributed by atoms with Crippen LogP contribution in [0.1, 0.15) is 77.6 Å². The summed E-state index contributed by atoms with van der Waals surface area (Å²) in [5, 5.41) is 29.0. The Morgan fingerprint density at radius 3 is 2.08 bits per heavy atom. The summed E-state index contributed by atoms with van der Waals surface area (Å²) in [7, 11) is 0. The van der Waals surface area contributed by atoms with E-state index in [1.807, 2.05) is 0 Å². The monoisotopic (exact) mass is 372 g/mol. The Kier molecular flexibility index (Phi) is 14.1. The maximum absolute atomic E-state index is 9.92. The van der Waals surface area contributed by atoms with Gasteiger partial charge in [0.05, 0.1) is 13.2 Å². The van der Waals surface area contributed by atoms with Crippen molar-refractivity contribution in [1.29, 1.82) is 0 Å². The average molecular weight is 373 g/mol. The van der Waals surface area contributed by atoms with E-state index in [2.05, 4.69) is 19.1 Å². The fraction of sp³-hybridized carbons (Fsp3) is 0.905. The van der Waals surface area contributed by atoms with Crippen LogP contribution in [0.2, 0.25) is 0 Å². The van der Waals surface area contributed by atoms with Gasteiger partial charge in [-0.05, 0) is 26.2 Å². The Bertz CT molecular complexity index is 347. The van der Waals surface area contributed by atoms with E-state index in [0.29, 0.717) is 6.61 Å². The molecule has 0 spiro atoms. The molecule has 5 nitrogen and oxygen atoms in total. The molecule has 154 valence electrons. The molecule has 0 bridgehead atoms. The molecule has 1 rings (SSSR count). The first-order valence-corrected chi connectivity index (χ1v) is 10.5. The fourth-order valence-electron chi connectivity index (χ4n) is 3.31.